The molecule has 0 aliphatic heterocycles. The molecule has 2 fully saturated rings. The third-order valence-electron chi connectivity index (χ3n) is 5.23. The summed E-state index contributed by atoms with van der Waals surface area (Å²) < 4.78 is 2.86. The van der Waals surface area contributed by atoms with Crippen LogP contribution in [-0.4, -0.2) is 27.4 Å². The maximum Gasteiger partial charge on any atom is 0.273 e. The molecule has 0 spiro atoms. The van der Waals surface area contributed by atoms with Crippen molar-refractivity contribution in [2.24, 2.45) is 5.92 Å². The van der Waals surface area contributed by atoms with Gasteiger partial charge >= 0.3 is 0 Å². The highest BCUT2D eigenvalue weighted by Crippen LogP contribution is 2.42. The average Bonchev–Trinajstić information content (AvgIpc) is 3.39. The van der Waals surface area contributed by atoms with Crippen LogP contribution >= 0.6 is 15.9 Å². The van der Waals surface area contributed by atoms with E-state index >= 15 is 0 Å². The molecular weight excluding hydrogens is 380 g/mol. The van der Waals surface area contributed by atoms with E-state index in [1.54, 1.807) is 0 Å². The van der Waals surface area contributed by atoms with E-state index in [2.05, 4.69) is 31.6 Å². The summed E-state index contributed by atoms with van der Waals surface area (Å²) in [4.78, 5) is 12.7. The maximum absolute atomic E-state index is 12.7. The van der Waals surface area contributed by atoms with Crippen molar-refractivity contribution in [2.75, 3.05) is 6.54 Å². The van der Waals surface area contributed by atoms with Gasteiger partial charge in [0.15, 0.2) is 5.69 Å². The Balaban J connectivity index is 1.53. The van der Waals surface area contributed by atoms with Crippen molar-refractivity contribution in [1.29, 1.82) is 0 Å². The SMILES string of the molecule is O=C(NCC1CCCCC1)c1nnn(-c2ccc(Br)cc2)c1C1CC1. The third-order valence-corrected chi connectivity index (χ3v) is 5.76. The third kappa shape index (κ3) is 3.78. The largest absolute Gasteiger partial charge is 0.350 e. The van der Waals surface area contributed by atoms with E-state index in [1.165, 1.54) is 32.1 Å². The Hall–Kier alpha value is -1.69. The van der Waals surface area contributed by atoms with E-state index in [0.717, 1.165) is 35.2 Å². The lowest BCUT2D eigenvalue weighted by Crippen LogP contribution is -2.31. The van der Waals surface area contributed by atoms with Gasteiger partial charge in [0, 0.05) is 16.9 Å². The molecule has 132 valence electrons. The Morgan fingerprint density at radius 3 is 2.52 bits per heavy atom. The van der Waals surface area contributed by atoms with Crippen LogP contribution in [0.25, 0.3) is 5.69 Å². The van der Waals surface area contributed by atoms with Gasteiger partial charge in [-0.15, -0.1) is 5.10 Å². The molecule has 2 aliphatic rings. The summed E-state index contributed by atoms with van der Waals surface area (Å²) in [5, 5.41) is 11.6. The Morgan fingerprint density at radius 2 is 1.84 bits per heavy atom. The molecule has 0 unspecified atom stereocenters. The van der Waals surface area contributed by atoms with Gasteiger partial charge < -0.3 is 5.32 Å². The highest BCUT2D eigenvalue weighted by Gasteiger charge is 2.34. The van der Waals surface area contributed by atoms with Crippen LogP contribution in [0.2, 0.25) is 0 Å². The molecule has 0 saturated heterocycles. The van der Waals surface area contributed by atoms with Crippen LogP contribution in [0, 0.1) is 5.92 Å². The second-order valence-corrected chi connectivity index (χ2v) is 8.12. The molecule has 5 nitrogen and oxygen atoms in total. The fourth-order valence-corrected chi connectivity index (χ4v) is 3.92. The van der Waals surface area contributed by atoms with E-state index in [1.807, 2.05) is 28.9 Å². The van der Waals surface area contributed by atoms with Crippen LogP contribution in [-0.2, 0) is 0 Å². The second kappa shape index (κ2) is 7.28. The lowest BCUT2D eigenvalue weighted by atomic mass is 9.89. The number of benzene rings is 1. The number of halogens is 1. The minimum atomic E-state index is -0.0733. The van der Waals surface area contributed by atoms with Crippen molar-refractivity contribution in [2.45, 2.75) is 50.9 Å². The number of amides is 1. The van der Waals surface area contributed by atoms with Crippen molar-refractivity contribution in [1.82, 2.24) is 20.3 Å². The Bertz CT molecular complexity index is 745. The summed E-state index contributed by atoms with van der Waals surface area (Å²) in [6, 6.07) is 7.95. The number of carbonyl (C=O) groups excluding carboxylic acids is 1. The van der Waals surface area contributed by atoms with E-state index in [9.17, 15) is 4.79 Å². The summed E-state index contributed by atoms with van der Waals surface area (Å²) in [5.74, 6) is 0.938. The van der Waals surface area contributed by atoms with Gasteiger partial charge in [-0.3, -0.25) is 4.79 Å². The quantitative estimate of drug-likeness (QED) is 0.814. The molecule has 2 aromatic rings. The first kappa shape index (κ1) is 16.8. The lowest BCUT2D eigenvalue weighted by molar-refractivity contribution is 0.0937. The van der Waals surface area contributed by atoms with Crippen LogP contribution in [0.1, 0.15) is 67.0 Å². The van der Waals surface area contributed by atoms with E-state index in [4.69, 9.17) is 0 Å². The standard InChI is InChI=1S/C19H23BrN4O/c20-15-8-10-16(11-9-15)24-18(14-6-7-14)17(22-23-24)19(25)21-12-13-4-2-1-3-5-13/h8-11,13-14H,1-7,12H2,(H,21,25). The monoisotopic (exact) mass is 402 g/mol. The van der Waals surface area contributed by atoms with Crippen molar-refractivity contribution >= 4 is 21.8 Å². The van der Waals surface area contributed by atoms with Crippen LogP contribution in [0.15, 0.2) is 28.7 Å². The molecule has 1 aromatic carbocycles. The minimum Gasteiger partial charge on any atom is -0.350 e. The number of hydrogen-bond acceptors (Lipinski definition) is 3. The zero-order chi connectivity index (χ0) is 17.2. The molecule has 0 atom stereocenters. The number of aromatic nitrogens is 3. The number of nitrogens with zero attached hydrogens (tertiary/aromatic N) is 3. The van der Waals surface area contributed by atoms with Gasteiger partial charge in [0.25, 0.3) is 5.91 Å². The van der Waals surface area contributed by atoms with Crippen molar-refractivity contribution < 1.29 is 4.79 Å². The van der Waals surface area contributed by atoms with Crippen molar-refractivity contribution in [3.8, 4) is 5.69 Å². The zero-order valence-electron chi connectivity index (χ0n) is 14.2. The molecule has 1 heterocycles. The highest BCUT2D eigenvalue weighted by molar-refractivity contribution is 9.10. The fourth-order valence-electron chi connectivity index (χ4n) is 3.66. The second-order valence-electron chi connectivity index (χ2n) is 7.20. The van der Waals surface area contributed by atoms with Gasteiger partial charge in [-0.2, -0.15) is 0 Å². The van der Waals surface area contributed by atoms with Gasteiger partial charge in [-0.1, -0.05) is 40.4 Å². The first-order valence-corrected chi connectivity index (χ1v) is 10.0. The van der Waals surface area contributed by atoms with Crippen LogP contribution < -0.4 is 5.32 Å². The normalized spacial score (nSPS) is 18.3. The van der Waals surface area contributed by atoms with Gasteiger partial charge in [-0.05, 0) is 55.9 Å². The lowest BCUT2D eigenvalue weighted by Gasteiger charge is -2.21. The first-order valence-electron chi connectivity index (χ1n) is 9.22. The highest BCUT2D eigenvalue weighted by atomic mass is 79.9. The molecule has 25 heavy (non-hydrogen) atoms. The zero-order valence-corrected chi connectivity index (χ0v) is 15.8. The average molecular weight is 403 g/mol. The minimum absolute atomic E-state index is 0.0733. The summed E-state index contributed by atoms with van der Waals surface area (Å²) in [6.45, 7) is 0.758. The topological polar surface area (TPSA) is 59.8 Å². The number of hydrogen-bond donors (Lipinski definition) is 1. The van der Waals surface area contributed by atoms with E-state index < -0.39 is 0 Å². The predicted molar refractivity (Wildman–Crippen MR) is 99.9 cm³/mol. The first-order chi connectivity index (χ1) is 12.2. The molecule has 0 radical (unpaired) electrons. The molecule has 6 heteroatoms. The Morgan fingerprint density at radius 1 is 1.12 bits per heavy atom. The van der Waals surface area contributed by atoms with E-state index in [-0.39, 0.29) is 5.91 Å². The molecule has 4 rings (SSSR count). The van der Waals surface area contributed by atoms with Gasteiger partial charge in [0.2, 0.25) is 0 Å². The number of carbonyl (C=O) groups is 1. The van der Waals surface area contributed by atoms with E-state index in [0.29, 0.717) is 17.5 Å². The summed E-state index contributed by atoms with van der Waals surface area (Å²) in [5.41, 5.74) is 2.41. The number of nitrogens with one attached hydrogen (secondary N) is 1. The smallest absolute Gasteiger partial charge is 0.273 e. The van der Waals surface area contributed by atoms with Gasteiger partial charge in [-0.25, -0.2) is 4.68 Å². The van der Waals surface area contributed by atoms with Crippen LogP contribution in [0.4, 0.5) is 0 Å². The molecule has 1 aromatic heterocycles. The van der Waals surface area contributed by atoms with Gasteiger partial charge in [0.05, 0.1) is 11.4 Å². The molecule has 1 N–H and O–H groups in total. The van der Waals surface area contributed by atoms with Crippen LogP contribution in [0.3, 0.4) is 0 Å². The van der Waals surface area contributed by atoms with Crippen LogP contribution in [0.5, 0.6) is 0 Å². The number of rotatable bonds is 5. The Labute approximate surface area is 156 Å². The predicted octanol–water partition coefficient (Wildman–Crippen LogP) is 4.22. The Kier molecular flexibility index (Phi) is 4.88. The summed E-state index contributed by atoms with van der Waals surface area (Å²) in [6.07, 6.45) is 8.56. The fraction of sp³-hybridized carbons (Fsp3) is 0.526. The maximum atomic E-state index is 12.7. The summed E-state index contributed by atoms with van der Waals surface area (Å²) in [7, 11) is 0. The van der Waals surface area contributed by atoms with Crippen molar-refractivity contribution in [3.05, 3.63) is 40.1 Å². The molecule has 2 aliphatic carbocycles. The summed E-state index contributed by atoms with van der Waals surface area (Å²) >= 11 is 3.46. The van der Waals surface area contributed by atoms with Crippen molar-refractivity contribution in [3.63, 3.8) is 0 Å². The molecule has 2 saturated carbocycles. The van der Waals surface area contributed by atoms with Gasteiger partial charge in [0.1, 0.15) is 0 Å². The molecular formula is C19H23BrN4O. The molecule has 0 bridgehead atoms. The molecule has 1 amide bonds.